The number of carbonyl (C=O) groups is 7. The molecule has 4 saturated heterocycles. The number of aromatic hydroxyl groups is 1. The van der Waals surface area contributed by atoms with E-state index in [9.17, 15) is 43.8 Å². The molecule has 2 atom stereocenters. The summed E-state index contributed by atoms with van der Waals surface area (Å²) in [6.07, 6.45) is 13.0. The lowest BCUT2D eigenvalue weighted by molar-refractivity contribution is 0.0520. The third-order valence-corrected chi connectivity index (χ3v) is 23.5. The van der Waals surface area contributed by atoms with E-state index in [1.54, 1.807) is 115 Å². The quantitative estimate of drug-likeness (QED) is 0.0107. The van der Waals surface area contributed by atoms with Gasteiger partial charge in [-0.15, -0.1) is 0 Å². The maximum atomic E-state index is 12.9. The lowest BCUT2D eigenvalue weighted by Gasteiger charge is -2.32. The second-order valence-corrected chi connectivity index (χ2v) is 35.0. The number of carboxylic acids is 1. The highest BCUT2D eigenvalue weighted by Crippen LogP contribution is 2.35. The van der Waals surface area contributed by atoms with Crippen LogP contribution in [-0.2, 0) is 40.1 Å². The Balaban J connectivity index is 0.000000206. The van der Waals surface area contributed by atoms with Crippen molar-refractivity contribution in [1.82, 2.24) is 25.3 Å². The summed E-state index contributed by atoms with van der Waals surface area (Å²) in [6, 6.07) is 75.1. The highest BCUT2D eigenvalue weighted by Gasteiger charge is 2.30. The standard InChI is InChI=1S/C23H29NO4.C23H27NO2.C22H28N2O4.C17H26N2O2.C11H12O3.C10H10O3.C8H8O3/c1-2-17-5-3-6-19(13-17)18-9-11-24(12-10-18)23(27)20-7-4-8-22(14-20)28-16-21(26)15-25;1-3-15-26-22-10-6-9-21(17-22)23(25)24-13-11-19(12-14-24)20-8-5-7-18(4-2)16-20;23-13-16-3-1-4-18(11-16)17-7-9-24(10-8-17)22(27)19-5-2-6-21(12-19)28-15-20(26)14-25;1-17(2,3)21-16(20)19-12-13-5-4-6-15(11-13)14-7-9-18-10-8-14;1-3-7-14-10-6-4-5-9(8-10)11(12)13-2;1-2-6-13-9-5-3-4-8(7-9)10(11)12;1-11-8(10)6-3-2-4-7(9)5-6/h3-8,13-14,18,21,25-26H,2,9-12,15-16H2,1H3;3,5-10,16-17,19H,1,4,11-15H2,2H3;1-6,11-12,17,20,25-26H,7-10,13-15,23H2;4-6,11,14,18H,7-10,12H2,1-3H3,(H,19,20);3-6,8H,1,7H2,2H3;2-5,7H,1,6H2,(H,11,12);2-5,9H,1H3. The fraction of sp³-hybridized carbons (Fsp3) is 0.360. The number of alkyl carbamates (subject to hydrolysis) is 1. The predicted octanol–water partition coefficient (Wildman–Crippen LogP) is 18.1. The molecule has 2 unspecified atom stereocenters. The summed E-state index contributed by atoms with van der Waals surface area (Å²) in [5, 5.41) is 60.3. The number of hydrogen-bond acceptors (Lipinski definition) is 22. The molecule has 141 heavy (non-hydrogen) atoms. The van der Waals surface area contributed by atoms with E-state index in [-0.39, 0.29) is 67.5 Å². The number of aryl methyl sites for hydroxylation is 2. The van der Waals surface area contributed by atoms with Crippen LogP contribution < -0.4 is 40.1 Å². The molecule has 0 saturated carbocycles. The summed E-state index contributed by atoms with van der Waals surface area (Å²) >= 11 is 0. The van der Waals surface area contributed by atoms with E-state index < -0.39 is 29.7 Å². The molecule has 27 heteroatoms. The molecule has 4 amide bonds. The van der Waals surface area contributed by atoms with Gasteiger partial charge in [0.25, 0.3) is 17.7 Å². The van der Waals surface area contributed by atoms with E-state index in [4.69, 9.17) is 54.6 Å². The molecule has 4 aliphatic rings. The number of esters is 2. The molecule has 10 aromatic rings. The largest absolute Gasteiger partial charge is 0.508 e. The first-order valence-corrected chi connectivity index (χ1v) is 48.0. The lowest BCUT2D eigenvalue weighted by atomic mass is 9.88. The number of amides is 4. The molecule has 4 aliphatic heterocycles. The number of nitrogens with one attached hydrogen (secondary N) is 2. The average Bonchev–Trinajstić information content (AvgIpc) is 0.830. The van der Waals surface area contributed by atoms with Gasteiger partial charge in [-0.3, -0.25) is 14.4 Å². The molecule has 752 valence electrons. The Morgan fingerprint density at radius 1 is 0.418 bits per heavy atom. The number of aliphatic hydroxyl groups is 4. The second kappa shape index (κ2) is 60.8. The van der Waals surface area contributed by atoms with Gasteiger partial charge in [0.2, 0.25) is 0 Å². The number of nitrogens with two attached hydrogens (primary N) is 1. The Labute approximate surface area is 829 Å². The number of phenols is 1. The number of carbonyl (C=O) groups excluding carboxylic acids is 6. The maximum Gasteiger partial charge on any atom is 0.407 e. The zero-order chi connectivity index (χ0) is 102. The van der Waals surface area contributed by atoms with Crippen LogP contribution >= 0.6 is 0 Å². The summed E-state index contributed by atoms with van der Waals surface area (Å²) in [5.74, 6) is 3.43. The summed E-state index contributed by atoms with van der Waals surface area (Å²) in [6.45, 7) is 28.9. The first-order valence-electron chi connectivity index (χ1n) is 48.0. The van der Waals surface area contributed by atoms with Crippen LogP contribution in [-0.4, -0.2) is 218 Å². The molecule has 4 fully saturated rings. The number of nitrogens with zero attached hydrogens (tertiary/aromatic N) is 3. The van der Waals surface area contributed by atoms with E-state index in [2.05, 4.69) is 133 Å². The first kappa shape index (κ1) is 112. The van der Waals surface area contributed by atoms with Gasteiger partial charge in [-0.1, -0.05) is 185 Å². The summed E-state index contributed by atoms with van der Waals surface area (Å²) < 4.78 is 41.1. The third-order valence-electron chi connectivity index (χ3n) is 23.5. The van der Waals surface area contributed by atoms with Crippen molar-refractivity contribution in [2.24, 2.45) is 5.73 Å². The van der Waals surface area contributed by atoms with Crippen molar-refractivity contribution < 1.29 is 102 Å². The van der Waals surface area contributed by atoms with Crippen LogP contribution in [0.2, 0.25) is 0 Å². The van der Waals surface area contributed by atoms with Gasteiger partial charge < -0.3 is 99.6 Å². The van der Waals surface area contributed by atoms with E-state index >= 15 is 0 Å². The lowest BCUT2D eigenvalue weighted by Crippen LogP contribution is -2.37. The number of carboxylic acid groups (broad SMARTS) is 1. The highest BCUT2D eigenvalue weighted by atomic mass is 16.6. The van der Waals surface area contributed by atoms with Gasteiger partial charge in [0.05, 0.1) is 44.1 Å². The van der Waals surface area contributed by atoms with Crippen molar-refractivity contribution in [2.45, 2.75) is 153 Å². The van der Waals surface area contributed by atoms with Crippen LogP contribution in [0.5, 0.6) is 34.5 Å². The third kappa shape index (κ3) is 39.4. The maximum absolute atomic E-state index is 12.9. The number of aliphatic hydroxyl groups excluding tert-OH is 4. The molecule has 10 aromatic carbocycles. The molecular weight excluding hydrogens is 1790 g/mol. The molecule has 10 N–H and O–H groups in total. The smallest absolute Gasteiger partial charge is 0.407 e. The molecule has 0 aliphatic carbocycles. The number of likely N-dealkylation sites (tertiary alicyclic amines) is 3. The number of hydrogen-bond donors (Lipinski definition) is 9. The number of benzene rings is 10. The predicted molar refractivity (Wildman–Crippen MR) is 548 cm³/mol. The van der Waals surface area contributed by atoms with Gasteiger partial charge in [0.15, 0.2) is 0 Å². The van der Waals surface area contributed by atoms with Crippen molar-refractivity contribution in [2.75, 3.05) is 113 Å². The van der Waals surface area contributed by atoms with Crippen molar-refractivity contribution >= 4 is 41.7 Å². The Morgan fingerprint density at radius 3 is 1.06 bits per heavy atom. The van der Waals surface area contributed by atoms with E-state index in [1.165, 1.54) is 84.7 Å². The summed E-state index contributed by atoms with van der Waals surface area (Å²) in [7, 11) is 2.64. The number of methoxy groups -OCH3 is 2. The van der Waals surface area contributed by atoms with Crippen LogP contribution in [0, 0.1) is 0 Å². The Morgan fingerprint density at radius 2 is 0.723 bits per heavy atom. The Kier molecular flexibility index (Phi) is 48.5. The van der Waals surface area contributed by atoms with E-state index in [0.717, 1.165) is 102 Å². The summed E-state index contributed by atoms with van der Waals surface area (Å²) in [4.78, 5) is 88.5. The molecule has 14 rings (SSSR count). The number of phenolic OH excluding ortho intramolecular Hbond substituents is 1. The monoisotopic (exact) mass is 1930 g/mol. The molecule has 0 spiro atoms. The zero-order valence-corrected chi connectivity index (χ0v) is 82.2. The molecule has 0 radical (unpaired) electrons. The van der Waals surface area contributed by atoms with Crippen molar-refractivity contribution in [1.29, 1.82) is 0 Å². The topological polar surface area (TPSA) is 375 Å². The number of aromatic carboxylic acids is 1. The SMILES string of the molecule is C=CCOc1cccc(C(=O)N2CCC(c3cccc(CC)c3)CC2)c1.C=CCOc1cccc(C(=O)O)c1.C=CCOc1cccc(C(=O)OC)c1.CC(C)(C)OC(=O)NCc1cccc(C2CCNCC2)c1.CCc1cccc(C2CCN(C(=O)c3cccc(OCC(O)CO)c3)CC2)c1.COC(=O)c1cccc(O)c1.NCc1cccc(C2CCN(C(=O)c3cccc(OCC(O)CO)c3)CC2)c1. The summed E-state index contributed by atoms with van der Waals surface area (Å²) in [5.41, 5.74) is 18.7. The minimum Gasteiger partial charge on any atom is -0.508 e. The molecule has 27 nitrogen and oxygen atoms in total. The highest BCUT2D eigenvalue weighted by molar-refractivity contribution is 5.96. The second-order valence-electron chi connectivity index (χ2n) is 35.0. The van der Waals surface area contributed by atoms with Crippen LogP contribution in [0.15, 0.2) is 281 Å². The van der Waals surface area contributed by atoms with Crippen LogP contribution in [0.4, 0.5) is 4.79 Å². The molecule has 0 aromatic heterocycles. The number of ether oxygens (including phenoxy) is 8. The van der Waals surface area contributed by atoms with Crippen molar-refractivity contribution in [3.63, 3.8) is 0 Å². The molecule has 0 bridgehead atoms. The van der Waals surface area contributed by atoms with Gasteiger partial charge in [0, 0.05) is 69.0 Å². The van der Waals surface area contributed by atoms with Gasteiger partial charge >= 0.3 is 24.0 Å². The number of piperidine rings is 4. The molecule has 4 heterocycles. The zero-order valence-electron chi connectivity index (χ0n) is 82.2. The Hall–Kier alpha value is -13.9. The first-order chi connectivity index (χ1) is 68.1. The number of rotatable bonds is 32. The fourth-order valence-corrected chi connectivity index (χ4v) is 15.9. The van der Waals surface area contributed by atoms with Crippen molar-refractivity contribution in [3.8, 4) is 34.5 Å². The Bertz CT molecular complexity index is 5440. The van der Waals surface area contributed by atoms with Crippen molar-refractivity contribution in [3.05, 3.63) is 359 Å². The van der Waals surface area contributed by atoms with Gasteiger partial charge in [-0.2, -0.15) is 0 Å². The van der Waals surface area contributed by atoms with Gasteiger partial charge in [0.1, 0.15) is 85.3 Å². The average molecular weight is 1930 g/mol. The normalized spacial score (nSPS) is 14.1. The fourth-order valence-electron chi connectivity index (χ4n) is 15.9. The van der Waals surface area contributed by atoms with Crippen LogP contribution in [0.3, 0.4) is 0 Å². The van der Waals surface area contributed by atoms with Crippen LogP contribution in [0.25, 0.3) is 0 Å². The van der Waals surface area contributed by atoms with E-state index in [0.29, 0.717) is 126 Å². The van der Waals surface area contributed by atoms with Gasteiger partial charge in [-0.05, 0) is 275 Å². The minimum atomic E-state index is -0.955. The molecular formula is C114H140N6O21. The van der Waals surface area contributed by atoms with Gasteiger partial charge in [-0.25, -0.2) is 19.2 Å². The van der Waals surface area contributed by atoms with E-state index in [1.807, 2.05) is 77.9 Å². The minimum absolute atomic E-state index is 0.00361. The van der Waals surface area contributed by atoms with Crippen LogP contribution in [0.1, 0.15) is 216 Å².